The number of hydrogen-bond donors (Lipinski definition) is 1. The lowest BCUT2D eigenvalue weighted by atomic mass is 10.1. The molecule has 0 bridgehead atoms. The van der Waals surface area contributed by atoms with E-state index < -0.39 is 0 Å². The first-order valence-electron chi connectivity index (χ1n) is 8.28. The minimum Gasteiger partial charge on any atom is -0.508 e. The predicted molar refractivity (Wildman–Crippen MR) is 101 cm³/mol. The number of pyridine rings is 2. The zero-order valence-corrected chi connectivity index (χ0v) is 13.7. The van der Waals surface area contributed by atoms with Gasteiger partial charge in [0.25, 0.3) is 0 Å². The van der Waals surface area contributed by atoms with Crippen LogP contribution in [0.4, 0.5) is 0 Å². The van der Waals surface area contributed by atoms with Crippen LogP contribution < -0.4 is 0 Å². The highest BCUT2D eigenvalue weighted by Gasteiger charge is 2.12. The number of aromatic nitrogens is 4. The van der Waals surface area contributed by atoms with Crippen LogP contribution in [0.3, 0.4) is 0 Å². The number of phenolic OH excluding ortho intramolecular Hbond substituents is 1. The average Bonchev–Trinajstić information content (AvgIpc) is 3.11. The molecule has 0 spiro atoms. The van der Waals surface area contributed by atoms with E-state index in [-0.39, 0.29) is 5.75 Å². The summed E-state index contributed by atoms with van der Waals surface area (Å²) in [6.07, 6.45) is 3.77. The Kier molecular flexibility index (Phi) is 3.18. The number of nitrogens with zero attached hydrogens (tertiary/aromatic N) is 4. The Bertz CT molecular complexity index is 1240. The molecule has 26 heavy (non-hydrogen) atoms. The third kappa shape index (κ3) is 2.29. The van der Waals surface area contributed by atoms with Gasteiger partial charge in [0, 0.05) is 23.3 Å². The molecule has 5 heteroatoms. The van der Waals surface area contributed by atoms with Gasteiger partial charge in [-0.2, -0.15) is 0 Å². The Balaban J connectivity index is 1.67. The van der Waals surface area contributed by atoms with Crippen molar-refractivity contribution in [1.82, 2.24) is 19.6 Å². The van der Waals surface area contributed by atoms with Crippen molar-refractivity contribution in [3.63, 3.8) is 0 Å². The molecule has 0 radical (unpaired) electrons. The summed E-state index contributed by atoms with van der Waals surface area (Å²) in [6, 6.07) is 21.1. The van der Waals surface area contributed by atoms with Gasteiger partial charge in [0.2, 0.25) is 0 Å². The topological polar surface area (TPSA) is 63.3 Å². The number of aromatic hydroxyl groups is 1. The van der Waals surface area contributed by atoms with Crippen LogP contribution in [0.5, 0.6) is 5.75 Å². The van der Waals surface area contributed by atoms with E-state index in [9.17, 15) is 5.11 Å². The molecule has 0 aliphatic rings. The van der Waals surface area contributed by atoms with Crippen LogP contribution in [-0.2, 0) is 0 Å². The zero-order chi connectivity index (χ0) is 17.5. The van der Waals surface area contributed by atoms with Crippen LogP contribution in [-0.4, -0.2) is 24.7 Å². The zero-order valence-electron chi connectivity index (χ0n) is 13.7. The molecule has 5 aromatic rings. The molecule has 0 saturated carbocycles. The molecule has 0 fully saturated rings. The van der Waals surface area contributed by atoms with Crippen molar-refractivity contribution < 1.29 is 5.11 Å². The third-order valence-corrected chi connectivity index (χ3v) is 4.50. The van der Waals surface area contributed by atoms with Gasteiger partial charge in [-0.05, 0) is 47.5 Å². The Labute approximate surface area is 149 Å². The smallest absolute Gasteiger partial charge is 0.169 e. The maximum Gasteiger partial charge on any atom is 0.169 e. The van der Waals surface area contributed by atoms with Crippen molar-refractivity contribution in [2.45, 2.75) is 0 Å². The number of hydrogen-bond acceptors (Lipinski definition) is 4. The van der Waals surface area contributed by atoms with Gasteiger partial charge < -0.3 is 5.11 Å². The van der Waals surface area contributed by atoms with Crippen LogP contribution >= 0.6 is 0 Å². The second-order valence-electron chi connectivity index (χ2n) is 6.09. The summed E-state index contributed by atoms with van der Waals surface area (Å²) >= 11 is 0. The second-order valence-corrected chi connectivity index (χ2v) is 6.09. The number of benzene rings is 2. The molecule has 0 aliphatic carbocycles. The molecular formula is C21H14N4O. The first-order valence-corrected chi connectivity index (χ1v) is 8.28. The Morgan fingerprint density at radius 2 is 1.65 bits per heavy atom. The van der Waals surface area contributed by atoms with Crippen LogP contribution in [0.2, 0.25) is 0 Å². The lowest BCUT2D eigenvalue weighted by Crippen LogP contribution is -1.92. The van der Waals surface area contributed by atoms with Crippen molar-refractivity contribution in [2.24, 2.45) is 0 Å². The van der Waals surface area contributed by atoms with Crippen molar-refractivity contribution in [1.29, 1.82) is 0 Å². The van der Waals surface area contributed by atoms with Gasteiger partial charge >= 0.3 is 0 Å². The van der Waals surface area contributed by atoms with Gasteiger partial charge in [-0.15, -0.1) is 10.2 Å². The maximum absolute atomic E-state index is 9.46. The van der Waals surface area contributed by atoms with Gasteiger partial charge in [-0.25, -0.2) is 0 Å². The highest BCUT2D eigenvalue weighted by molar-refractivity contribution is 5.92. The van der Waals surface area contributed by atoms with Gasteiger partial charge in [-0.3, -0.25) is 9.38 Å². The molecule has 1 N–H and O–H groups in total. The molecule has 0 atom stereocenters. The van der Waals surface area contributed by atoms with Crippen LogP contribution in [0.25, 0.3) is 39.1 Å². The van der Waals surface area contributed by atoms with E-state index in [4.69, 9.17) is 0 Å². The first kappa shape index (κ1) is 14.6. The summed E-state index contributed by atoms with van der Waals surface area (Å²) in [4.78, 5) is 4.41. The van der Waals surface area contributed by atoms with Crippen molar-refractivity contribution >= 4 is 16.6 Å². The largest absolute Gasteiger partial charge is 0.508 e. The predicted octanol–water partition coefficient (Wildman–Crippen LogP) is 4.32. The van der Waals surface area contributed by atoms with Gasteiger partial charge in [-0.1, -0.05) is 30.3 Å². The van der Waals surface area contributed by atoms with Crippen molar-refractivity contribution in [3.8, 4) is 28.3 Å². The minimum absolute atomic E-state index is 0.254. The van der Waals surface area contributed by atoms with E-state index in [1.807, 2.05) is 65.2 Å². The van der Waals surface area contributed by atoms with E-state index >= 15 is 0 Å². The molecule has 5 nitrogen and oxygen atoms in total. The van der Waals surface area contributed by atoms with E-state index in [2.05, 4.69) is 15.2 Å². The summed E-state index contributed by atoms with van der Waals surface area (Å²) in [7, 11) is 0. The lowest BCUT2D eigenvalue weighted by Gasteiger charge is -2.06. The molecule has 0 amide bonds. The normalized spacial score (nSPS) is 11.2. The van der Waals surface area contributed by atoms with E-state index in [0.717, 1.165) is 39.1 Å². The summed E-state index contributed by atoms with van der Waals surface area (Å²) in [5, 5.41) is 19.3. The number of phenols is 1. The first-order chi connectivity index (χ1) is 12.8. The summed E-state index contributed by atoms with van der Waals surface area (Å²) < 4.78 is 1.98. The van der Waals surface area contributed by atoms with E-state index in [1.54, 1.807) is 18.3 Å². The highest BCUT2D eigenvalue weighted by Crippen LogP contribution is 2.28. The molecule has 5 rings (SSSR count). The monoisotopic (exact) mass is 338 g/mol. The molecule has 0 aliphatic heterocycles. The van der Waals surface area contributed by atoms with Crippen molar-refractivity contribution in [2.75, 3.05) is 0 Å². The summed E-state index contributed by atoms with van der Waals surface area (Å²) in [6.45, 7) is 0. The van der Waals surface area contributed by atoms with Crippen LogP contribution in [0, 0.1) is 0 Å². The maximum atomic E-state index is 9.46. The highest BCUT2D eigenvalue weighted by atomic mass is 16.3. The average molecular weight is 338 g/mol. The second kappa shape index (κ2) is 5.67. The molecule has 3 aromatic heterocycles. The molecule has 124 valence electrons. The van der Waals surface area contributed by atoms with Crippen LogP contribution in [0.1, 0.15) is 0 Å². The Morgan fingerprint density at radius 1 is 0.808 bits per heavy atom. The fraction of sp³-hybridized carbons (Fsp3) is 0. The minimum atomic E-state index is 0.254. The molecule has 0 unspecified atom stereocenters. The number of rotatable bonds is 2. The molecule has 2 aromatic carbocycles. The quantitative estimate of drug-likeness (QED) is 0.521. The summed E-state index contributed by atoms with van der Waals surface area (Å²) in [5.74, 6) is 1.04. The Hall–Kier alpha value is -3.73. The molecular weight excluding hydrogens is 324 g/mol. The van der Waals surface area contributed by atoms with Crippen LogP contribution in [0.15, 0.2) is 79.1 Å². The van der Waals surface area contributed by atoms with Gasteiger partial charge in [0.1, 0.15) is 5.75 Å². The third-order valence-electron chi connectivity index (χ3n) is 4.50. The van der Waals surface area contributed by atoms with E-state index in [1.165, 1.54) is 0 Å². The molecule has 3 heterocycles. The van der Waals surface area contributed by atoms with Gasteiger partial charge in [0.15, 0.2) is 11.5 Å². The fourth-order valence-corrected chi connectivity index (χ4v) is 3.20. The summed E-state index contributed by atoms with van der Waals surface area (Å²) in [5.41, 5.74) is 4.75. The van der Waals surface area contributed by atoms with E-state index in [0.29, 0.717) is 0 Å². The SMILES string of the molecule is Oc1ccc(-c2ccn3c(-c4ccnc5ccccc45)nnc3c2)cc1. The van der Waals surface area contributed by atoms with Crippen molar-refractivity contribution in [3.05, 3.63) is 79.1 Å². The molecule has 0 saturated heterocycles. The fourth-order valence-electron chi connectivity index (χ4n) is 3.20. The number of para-hydroxylation sites is 1. The standard InChI is InChI=1S/C21H14N4O/c26-16-7-5-14(6-8-16)15-10-12-25-20(13-15)23-24-21(25)18-9-11-22-19-4-2-1-3-17(18)19/h1-13,26H. The number of fused-ring (bicyclic) bond motifs is 2. The lowest BCUT2D eigenvalue weighted by molar-refractivity contribution is 0.475. The van der Waals surface area contributed by atoms with Gasteiger partial charge in [0.05, 0.1) is 5.52 Å². The Morgan fingerprint density at radius 3 is 2.54 bits per heavy atom.